The van der Waals surface area contributed by atoms with Crippen LogP contribution in [0.3, 0.4) is 0 Å². The molecule has 0 spiro atoms. The molecule has 0 atom stereocenters. The van der Waals surface area contributed by atoms with Gasteiger partial charge in [0.1, 0.15) is 11.3 Å². The molecule has 1 N–H and O–H groups in total. The number of pyridine rings is 1. The quantitative estimate of drug-likeness (QED) is 0.510. The molecule has 4 aromatic rings. The van der Waals surface area contributed by atoms with E-state index in [0.29, 0.717) is 28.4 Å². The lowest BCUT2D eigenvalue weighted by atomic mass is 10.1. The largest absolute Gasteiger partial charge is 0.338 e. The van der Waals surface area contributed by atoms with Gasteiger partial charge in [-0.05, 0) is 30.7 Å². The third-order valence-electron chi connectivity index (χ3n) is 5.47. The predicted molar refractivity (Wildman–Crippen MR) is 112 cm³/mol. The molecule has 1 aromatic carbocycles. The van der Waals surface area contributed by atoms with Gasteiger partial charge in [-0.3, -0.25) is 14.1 Å². The Morgan fingerprint density at radius 3 is 2.97 bits per heavy atom. The first-order chi connectivity index (χ1) is 15.4. The molecule has 0 aliphatic carbocycles. The van der Waals surface area contributed by atoms with E-state index in [2.05, 4.69) is 20.4 Å². The van der Waals surface area contributed by atoms with Crippen LogP contribution in [-0.2, 0) is 6.54 Å². The zero-order chi connectivity index (χ0) is 22.3. The molecule has 164 valence electrons. The molecule has 8 nitrogen and oxygen atoms in total. The molecule has 1 amide bonds. The predicted octanol–water partition coefficient (Wildman–Crippen LogP) is 3.79. The van der Waals surface area contributed by atoms with Crippen molar-refractivity contribution in [2.45, 2.75) is 25.8 Å². The minimum Gasteiger partial charge on any atom is -0.338 e. The Hall–Kier alpha value is -3.66. The first-order valence-electron chi connectivity index (χ1n) is 10.2. The molecule has 10 heteroatoms. The summed E-state index contributed by atoms with van der Waals surface area (Å²) in [5, 5.41) is 6.89. The van der Waals surface area contributed by atoms with Crippen LogP contribution >= 0.6 is 0 Å². The van der Waals surface area contributed by atoms with Gasteiger partial charge in [-0.2, -0.15) is 4.98 Å². The van der Waals surface area contributed by atoms with Crippen LogP contribution in [0.25, 0.3) is 17.0 Å². The number of aromatic nitrogens is 4. The molecule has 0 radical (unpaired) electrons. The van der Waals surface area contributed by atoms with Crippen molar-refractivity contribution in [2.24, 2.45) is 0 Å². The standard InChI is InChI=1S/C22H20F2N6O2/c1-14-5-6-15(20-27-19(32-28-20)12-29-9-7-22(23,24)13-29)10-16(14)26-21(31)17-11-25-18-4-2-3-8-30(17)18/h2-6,8,10-11H,7,9,12-13H2,1H3,(H,26,31). The van der Waals surface area contributed by atoms with Gasteiger partial charge in [0, 0.05) is 30.4 Å². The minimum atomic E-state index is -2.67. The number of halogens is 2. The minimum absolute atomic E-state index is 0.165. The van der Waals surface area contributed by atoms with Crippen LogP contribution in [0, 0.1) is 6.92 Å². The Bertz CT molecular complexity index is 1300. The lowest BCUT2D eigenvalue weighted by Crippen LogP contribution is -2.24. The van der Waals surface area contributed by atoms with E-state index in [-0.39, 0.29) is 37.9 Å². The molecule has 1 saturated heterocycles. The summed E-state index contributed by atoms with van der Waals surface area (Å²) in [6.07, 6.45) is 3.14. The van der Waals surface area contributed by atoms with E-state index in [4.69, 9.17) is 4.52 Å². The number of amides is 1. The summed E-state index contributed by atoms with van der Waals surface area (Å²) in [5.74, 6) is -2.37. The van der Waals surface area contributed by atoms with Crippen LogP contribution in [0.4, 0.5) is 14.5 Å². The number of likely N-dealkylation sites (tertiary alicyclic amines) is 1. The molecular formula is C22H20F2N6O2. The van der Waals surface area contributed by atoms with E-state index in [0.717, 1.165) is 5.56 Å². The van der Waals surface area contributed by atoms with Gasteiger partial charge in [0.2, 0.25) is 11.7 Å². The van der Waals surface area contributed by atoms with E-state index in [1.54, 1.807) is 21.6 Å². The molecule has 0 unspecified atom stereocenters. The van der Waals surface area contributed by atoms with E-state index < -0.39 is 5.92 Å². The number of benzene rings is 1. The average Bonchev–Trinajstić information content (AvgIpc) is 3.48. The van der Waals surface area contributed by atoms with Gasteiger partial charge in [-0.15, -0.1) is 0 Å². The molecule has 1 aliphatic rings. The Morgan fingerprint density at radius 1 is 1.28 bits per heavy atom. The van der Waals surface area contributed by atoms with E-state index in [9.17, 15) is 13.6 Å². The maximum Gasteiger partial charge on any atom is 0.274 e. The van der Waals surface area contributed by atoms with E-state index in [1.807, 2.05) is 37.3 Å². The number of hydrogen-bond donors (Lipinski definition) is 1. The van der Waals surface area contributed by atoms with Crippen LogP contribution in [0.2, 0.25) is 0 Å². The van der Waals surface area contributed by atoms with Crippen LogP contribution in [0.1, 0.15) is 28.4 Å². The molecule has 0 bridgehead atoms. The summed E-state index contributed by atoms with van der Waals surface area (Å²) >= 11 is 0. The number of alkyl halides is 2. The summed E-state index contributed by atoms with van der Waals surface area (Å²) in [4.78, 5) is 23.0. The highest BCUT2D eigenvalue weighted by atomic mass is 19.3. The van der Waals surface area contributed by atoms with Crippen LogP contribution in [-0.4, -0.2) is 49.3 Å². The van der Waals surface area contributed by atoms with E-state index in [1.165, 1.54) is 6.20 Å². The summed E-state index contributed by atoms with van der Waals surface area (Å²) < 4.78 is 33.8. The second kappa shape index (κ2) is 7.79. The number of nitrogens with one attached hydrogen (secondary N) is 1. The van der Waals surface area contributed by atoms with E-state index >= 15 is 0 Å². The SMILES string of the molecule is Cc1ccc(-c2noc(CN3CCC(F)(F)C3)n2)cc1NC(=O)c1cnc2ccccn12. The Balaban J connectivity index is 1.34. The molecule has 1 aliphatic heterocycles. The first kappa shape index (κ1) is 20.3. The van der Waals surface area contributed by atoms with Gasteiger partial charge < -0.3 is 9.84 Å². The van der Waals surface area contributed by atoms with Crippen molar-refractivity contribution in [1.29, 1.82) is 0 Å². The zero-order valence-corrected chi connectivity index (χ0v) is 17.3. The van der Waals surface area contributed by atoms with Crippen molar-refractivity contribution >= 4 is 17.2 Å². The number of carbonyl (C=O) groups excluding carboxylic acids is 1. The number of carbonyl (C=O) groups is 1. The maximum atomic E-state index is 13.4. The molecule has 32 heavy (non-hydrogen) atoms. The number of anilines is 1. The fourth-order valence-electron chi connectivity index (χ4n) is 3.75. The molecule has 1 fully saturated rings. The highest BCUT2D eigenvalue weighted by Crippen LogP contribution is 2.28. The van der Waals surface area contributed by atoms with Gasteiger partial charge in [0.05, 0.1) is 19.3 Å². The summed E-state index contributed by atoms with van der Waals surface area (Å²) in [6, 6.07) is 10.9. The van der Waals surface area contributed by atoms with Gasteiger partial charge in [-0.25, -0.2) is 13.8 Å². The summed E-state index contributed by atoms with van der Waals surface area (Å²) in [6.45, 7) is 2.03. The molecule has 5 rings (SSSR count). The monoisotopic (exact) mass is 438 g/mol. The number of rotatable bonds is 5. The summed E-state index contributed by atoms with van der Waals surface area (Å²) in [5.41, 5.74) is 3.20. The topological polar surface area (TPSA) is 88.6 Å². The molecule has 0 saturated carbocycles. The fourth-order valence-corrected chi connectivity index (χ4v) is 3.75. The Morgan fingerprint density at radius 2 is 2.16 bits per heavy atom. The highest BCUT2D eigenvalue weighted by Gasteiger charge is 2.38. The maximum absolute atomic E-state index is 13.4. The van der Waals surface area contributed by atoms with Crippen molar-refractivity contribution < 1.29 is 18.1 Å². The smallest absolute Gasteiger partial charge is 0.274 e. The Kier molecular flexibility index (Phi) is 4.93. The summed E-state index contributed by atoms with van der Waals surface area (Å²) in [7, 11) is 0. The second-order valence-electron chi connectivity index (χ2n) is 7.88. The van der Waals surface area contributed by atoms with Crippen molar-refractivity contribution in [3.05, 3.63) is 65.9 Å². The van der Waals surface area contributed by atoms with Crippen LogP contribution in [0.15, 0.2) is 53.3 Å². The third kappa shape index (κ3) is 3.96. The highest BCUT2D eigenvalue weighted by molar-refractivity contribution is 6.04. The number of hydrogen-bond acceptors (Lipinski definition) is 6. The lowest BCUT2D eigenvalue weighted by molar-refractivity contribution is 0.0106. The van der Waals surface area contributed by atoms with Gasteiger partial charge >= 0.3 is 0 Å². The van der Waals surface area contributed by atoms with Crippen LogP contribution < -0.4 is 5.32 Å². The van der Waals surface area contributed by atoms with Gasteiger partial charge in [0.25, 0.3) is 11.8 Å². The van der Waals surface area contributed by atoms with Crippen molar-refractivity contribution in [1.82, 2.24) is 24.4 Å². The Labute approximate surface area is 181 Å². The average molecular weight is 438 g/mol. The lowest BCUT2D eigenvalue weighted by Gasteiger charge is -2.12. The zero-order valence-electron chi connectivity index (χ0n) is 17.3. The fraction of sp³-hybridized carbons (Fsp3) is 0.273. The number of nitrogens with zero attached hydrogens (tertiary/aromatic N) is 5. The van der Waals surface area contributed by atoms with Crippen molar-refractivity contribution in [2.75, 3.05) is 18.4 Å². The van der Waals surface area contributed by atoms with Crippen molar-refractivity contribution in [3.8, 4) is 11.4 Å². The number of fused-ring (bicyclic) bond motifs is 1. The molecule has 3 aromatic heterocycles. The van der Waals surface area contributed by atoms with Gasteiger partial charge in [0.15, 0.2) is 0 Å². The molecular weight excluding hydrogens is 418 g/mol. The van der Waals surface area contributed by atoms with Crippen molar-refractivity contribution in [3.63, 3.8) is 0 Å². The molecule has 4 heterocycles. The van der Waals surface area contributed by atoms with Gasteiger partial charge in [-0.1, -0.05) is 23.4 Å². The van der Waals surface area contributed by atoms with Crippen LogP contribution in [0.5, 0.6) is 0 Å². The number of aryl methyl sites for hydroxylation is 1. The normalized spacial score (nSPS) is 16.0. The first-order valence-corrected chi connectivity index (χ1v) is 10.2. The third-order valence-corrected chi connectivity index (χ3v) is 5.47. The number of imidazole rings is 1. The second-order valence-corrected chi connectivity index (χ2v) is 7.88.